The number of aryl methyl sites for hydroxylation is 1. The first-order valence-corrected chi connectivity index (χ1v) is 6.79. The maximum atomic E-state index is 5.67. The fourth-order valence-corrected chi connectivity index (χ4v) is 2.18. The lowest BCUT2D eigenvalue weighted by Crippen LogP contribution is -2.04. The highest BCUT2D eigenvalue weighted by molar-refractivity contribution is 9.10. The first-order valence-electron chi connectivity index (χ1n) is 6.00. The van der Waals surface area contributed by atoms with Crippen molar-refractivity contribution in [3.63, 3.8) is 0 Å². The molecule has 4 N–H and O–H groups in total. The molecule has 0 saturated heterocycles. The highest BCUT2D eigenvalue weighted by Crippen LogP contribution is 2.25. The third-order valence-electron chi connectivity index (χ3n) is 2.71. The van der Waals surface area contributed by atoms with Crippen LogP contribution in [0.2, 0.25) is 0 Å². The summed E-state index contributed by atoms with van der Waals surface area (Å²) >= 11 is 3.47. The van der Waals surface area contributed by atoms with Gasteiger partial charge in [-0.15, -0.1) is 0 Å². The number of anilines is 4. The minimum atomic E-state index is 0.240. The monoisotopic (exact) mass is 321 g/mol. The van der Waals surface area contributed by atoms with Gasteiger partial charge in [-0.2, -0.15) is 9.97 Å². The summed E-state index contributed by atoms with van der Waals surface area (Å²) in [4.78, 5) is 8.24. The molecule has 2 aromatic rings. The summed E-state index contributed by atoms with van der Waals surface area (Å²) in [6.45, 7) is 2.11. The van der Waals surface area contributed by atoms with Gasteiger partial charge in [0.15, 0.2) is 0 Å². The van der Waals surface area contributed by atoms with E-state index < -0.39 is 0 Å². The van der Waals surface area contributed by atoms with E-state index in [1.807, 2.05) is 18.2 Å². The number of nitrogens with one attached hydrogen (secondary N) is 2. The predicted octanol–water partition coefficient (Wildman–Crippen LogP) is 3.17. The molecule has 0 aliphatic carbocycles. The van der Waals surface area contributed by atoms with E-state index in [4.69, 9.17) is 5.73 Å². The van der Waals surface area contributed by atoms with Gasteiger partial charge < -0.3 is 16.4 Å². The van der Waals surface area contributed by atoms with Gasteiger partial charge in [0.2, 0.25) is 5.95 Å². The Hall–Kier alpha value is -1.82. The van der Waals surface area contributed by atoms with E-state index in [0.717, 1.165) is 16.6 Å². The maximum absolute atomic E-state index is 5.67. The lowest BCUT2D eigenvalue weighted by Gasteiger charge is -2.12. The quantitative estimate of drug-likeness (QED) is 0.806. The van der Waals surface area contributed by atoms with E-state index in [1.165, 1.54) is 5.56 Å². The summed E-state index contributed by atoms with van der Waals surface area (Å²) in [7, 11) is 1.79. The van der Waals surface area contributed by atoms with E-state index in [2.05, 4.69) is 49.5 Å². The van der Waals surface area contributed by atoms with E-state index in [-0.39, 0.29) is 5.95 Å². The first-order chi connectivity index (χ1) is 9.12. The number of nitrogens with two attached hydrogens (primary N) is 1. The molecule has 0 atom stereocenters. The third-order valence-corrected chi connectivity index (χ3v) is 3.20. The van der Waals surface area contributed by atoms with Crippen LogP contribution in [0.3, 0.4) is 0 Å². The number of rotatable bonds is 4. The Labute approximate surface area is 120 Å². The van der Waals surface area contributed by atoms with Crippen molar-refractivity contribution in [2.75, 3.05) is 23.4 Å². The molecular weight excluding hydrogens is 306 g/mol. The fourth-order valence-electron chi connectivity index (χ4n) is 1.77. The van der Waals surface area contributed by atoms with Crippen molar-refractivity contribution < 1.29 is 0 Å². The van der Waals surface area contributed by atoms with Gasteiger partial charge in [0, 0.05) is 23.3 Å². The van der Waals surface area contributed by atoms with Crippen LogP contribution in [0.4, 0.5) is 23.3 Å². The summed E-state index contributed by atoms with van der Waals surface area (Å²) in [5.74, 6) is 1.60. The second-order valence-electron chi connectivity index (χ2n) is 4.03. The molecule has 0 radical (unpaired) electrons. The molecule has 100 valence electrons. The molecule has 0 fully saturated rings. The number of halogens is 1. The lowest BCUT2D eigenvalue weighted by atomic mass is 10.1. The van der Waals surface area contributed by atoms with Crippen LogP contribution in [-0.4, -0.2) is 17.0 Å². The zero-order chi connectivity index (χ0) is 13.8. The number of benzene rings is 1. The Balaban J connectivity index is 2.33. The van der Waals surface area contributed by atoms with Crippen molar-refractivity contribution >= 4 is 39.2 Å². The van der Waals surface area contributed by atoms with Crippen molar-refractivity contribution in [2.45, 2.75) is 13.3 Å². The largest absolute Gasteiger partial charge is 0.373 e. The highest BCUT2D eigenvalue weighted by Gasteiger charge is 2.05. The summed E-state index contributed by atoms with van der Waals surface area (Å²) in [5, 5.41) is 6.23. The zero-order valence-corrected chi connectivity index (χ0v) is 12.5. The molecule has 19 heavy (non-hydrogen) atoms. The molecule has 0 aliphatic heterocycles. The molecule has 0 saturated carbocycles. The van der Waals surface area contributed by atoms with Gasteiger partial charge in [-0.1, -0.05) is 22.9 Å². The van der Waals surface area contributed by atoms with Gasteiger partial charge in [0.25, 0.3) is 0 Å². The highest BCUT2D eigenvalue weighted by atomic mass is 79.9. The average Bonchev–Trinajstić information content (AvgIpc) is 2.40. The van der Waals surface area contributed by atoms with Crippen molar-refractivity contribution in [1.29, 1.82) is 0 Å². The molecule has 5 nitrogen and oxygen atoms in total. The van der Waals surface area contributed by atoms with E-state index in [1.54, 1.807) is 7.05 Å². The average molecular weight is 322 g/mol. The Morgan fingerprint density at radius 3 is 2.63 bits per heavy atom. The van der Waals surface area contributed by atoms with Crippen molar-refractivity contribution in [1.82, 2.24) is 9.97 Å². The number of nitrogen functional groups attached to an aromatic ring is 1. The van der Waals surface area contributed by atoms with E-state index >= 15 is 0 Å². The van der Waals surface area contributed by atoms with Crippen LogP contribution in [0, 0.1) is 0 Å². The predicted molar refractivity (Wildman–Crippen MR) is 82.8 cm³/mol. The topological polar surface area (TPSA) is 75.9 Å². The minimum absolute atomic E-state index is 0.240. The SMILES string of the molecule is CCc1cc(Br)ccc1Nc1cc(NC)nc(N)n1. The molecule has 0 amide bonds. The molecule has 1 aromatic carbocycles. The molecule has 0 unspecified atom stereocenters. The Bertz CT molecular complexity index is 585. The van der Waals surface area contributed by atoms with Crippen LogP contribution in [-0.2, 0) is 6.42 Å². The summed E-state index contributed by atoms with van der Waals surface area (Å²) in [6, 6.07) is 7.91. The third kappa shape index (κ3) is 3.35. The number of nitrogens with zero attached hydrogens (tertiary/aromatic N) is 2. The number of aromatic nitrogens is 2. The van der Waals surface area contributed by atoms with Crippen LogP contribution in [0.15, 0.2) is 28.7 Å². The molecule has 1 heterocycles. The minimum Gasteiger partial charge on any atom is -0.373 e. The fraction of sp³-hybridized carbons (Fsp3) is 0.231. The summed E-state index contributed by atoms with van der Waals surface area (Å²) in [6.07, 6.45) is 0.932. The summed E-state index contributed by atoms with van der Waals surface area (Å²) in [5.41, 5.74) is 7.90. The van der Waals surface area contributed by atoms with Crippen molar-refractivity contribution in [3.8, 4) is 0 Å². The Kier molecular flexibility index (Phi) is 4.21. The van der Waals surface area contributed by atoms with Crippen molar-refractivity contribution in [3.05, 3.63) is 34.3 Å². The van der Waals surface area contributed by atoms with Gasteiger partial charge in [-0.25, -0.2) is 0 Å². The van der Waals surface area contributed by atoms with E-state index in [0.29, 0.717) is 11.6 Å². The smallest absolute Gasteiger partial charge is 0.223 e. The molecular formula is C13H16BrN5. The first kappa shape index (κ1) is 13.6. The Morgan fingerprint density at radius 1 is 1.21 bits per heavy atom. The lowest BCUT2D eigenvalue weighted by molar-refractivity contribution is 1.13. The molecule has 0 bridgehead atoms. The van der Waals surface area contributed by atoms with E-state index in [9.17, 15) is 0 Å². The molecule has 2 rings (SSSR count). The van der Waals surface area contributed by atoms with Gasteiger partial charge >= 0.3 is 0 Å². The second-order valence-corrected chi connectivity index (χ2v) is 4.94. The van der Waals surface area contributed by atoms with Crippen LogP contribution in [0.5, 0.6) is 0 Å². The van der Waals surface area contributed by atoms with Gasteiger partial charge in [-0.3, -0.25) is 0 Å². The van der Waals surface area contributed by atoms with Gasteiger partial charge in [-0.05, 0) is 30.2 Å². The molecule has 6 heteroatoms. The van der Waals surface area contributed by atoms with Gasteiger partial charge in [0.05, 0.1) is 0 Å². The summed E-state index contributed by atoms with van der Waals surface area (Å²) < 4.78 is 1.06. The number of hydrogen-bond acceptors (Lipinski definition) is 5. The van der Waals surface area contributed by atoms with Crippen LogP contribution in [0.1, 0.15) is 12.5 Å². The van der Waals surface area contributed by atoms with Crippen molar-refractivity contribution in [2.24, 2.45) is 0 Å². The molecule has 0 aliphatic rings. The molecule has 1 aromatic heterocycles. The number of hydrogen-bond donors (Lipinski definition) is 3. The van der Waals surface area contributed by atoms with Crippen LogP contribution in [0.25, 0.3) is 0 Å². The molecule has 0 spiro atoms. The van der Waals surface area contributed by atoms with Crippen LogP contribution < -0.4 is 16.4 Å². The normalized spacial score (nSPS) is 10.3. The Morgan fingerprint density at radius 2 is 1.95 bits per heavy atom. The zero-order valence-electron chi connectivity index (χ0n) is 10.9. The standard InChI is InChI=1S/C13H16BrN5/c1-3-8-6-9(14)4-5-10(8)17-12-7-11(16-2)18-13(15)19-12/h4-7H,3H2,1-2H3,(H4,15,16,17,18,19). The van der Waals surface area contributed by atoms with Gasteiger partial charge in [0.1, 0.15) is 11.6 Å². The van der Waals surface area contributed by atoms with Crippen LogP contribution >= 0.6 is 15.9 Å². The maximum Gasteiger partial charge on any atom is 0.223 e. The second kappa shape index (κ2) is 5.88.